The Kier molecular flexibility index (Phi) is 7.54. The van der Waals surface area contributed by atoms with E-state index in [1.165, 1.54) is 11.1 Å². The monoisotopic (exact) mass is 410 g/mol. The van der Waals surface area contributed by atoms with Gasteiger partial charge in [0.05, 0.1) is 14.2 Å². The third kappa shape index (κ3) is 5.43. The molecule has 0 spiro atoms. The molecule has 0 aliphatic carbocycles. The normalized spacial score (nSPS) is 13.0. The molecule has 0 fully saturated rings. The van der Waals surface area contributed by atoms with Crippen LogP contribution in [-0.2, 0) is 24.4 Å². The Balaban J connectivity index is 1.39. The van der Waals surface area contributed by atoms with E-state index in [0.29, 0.717) is 25.5 Å². The topological polar surface area (TPSA) is 75.2 Å². The van der Waals surface area contributed by atoms with Gasteiger partial charge in [-0.1, -0.05) is 24.3 Å². The molecular formula is C23H30N4O3. The molecule has 0 saturated carbocycles. The summed E-state index contributed by atoms with van der Waals surface area (Å²) in [6, 6.07) is 14.0. The number of nitrogens with zero attached hydrogens (tertiary/aromatic N) is 2. The molecule has 7 heteroatoms. The summed E-state index contributed by atoms with van der Waals surface area (Å²) in [6.07, 6.45) is 1.27. The van der Waals surface area contributed by atoms with E-state index in [0.717, 1.165) is 36.6 Å². The number of guanidine groups is 1. The molecule has 0 bridgehead atoms. The molecule has 0 radical (unpaired) electrons. The van der Waals surface area contributed by atoms with Gasteiger partial charge in [-0.3, -0.25) is 9.79 Å². The molecule has 1 amide bonds. The van der Waals surface area contributed by atoms with Gasteiger partial charge in [-0.15, -0.1) is 0 Å². The van der Waals surface area contributed by atoms with Crippen LogP contribution in [0.2, 0.25) is 0 Å². The Labute approximate surface area is 178 Å². The van der Waals surface area contributed by atoms with Crippen LogP contribution in [0.4, 0.5) is 0 Å². The molecule has 30 heavy (non-hydrogen) atoms. The minimum absolute atomic E-state index is 0.193. The lowest BCUT2D eigenvalue weighted by Crippen LogP contribution is -2.37. The minimum atomic E-state index is 0.193. The zero-order chi connectivity index (χ0) is 21.3. The first-order valence-corrected chi connectivity index (χ1v) is 10.1. The molecule has 7 nitrogen and oxygen atoms in total. The number of rotatable bonds is 8. The van der Waals surface area contributed by atoms with Gasteiger partial charge in [0, 0.05) is 51.3 Å². The van der Waals surface area contributed by atoms with Crippen LogP contribution >= 0.6 is 0 Å². The second-order valence-electron chi connectivity index (χ2n) is 7.15. The highest BCUT2D eigenvalue weighted by Crippen LogP contribution is 2.24. The molecule has 0 atom stereocenters. The SMILES string of the molecule is CN=C(NCCCC(=O)N1Cc2ccccc2C1)NCc1ccc(OC)cc1OC. The molecule has 2 aromatic rings. The summed E-state index contributed by atoms with van der Waals surface area (Å²) in [5, 5.41) is 6.54. The van der Waals surface area contributed by atoms with Crippen molar-refractivity contribution in [3.8, 4) is 11.5 Å². The first-order chi connectivity index (χ1) is 14.6. The van der Waals surface area contributed by atoms with Crippen LogP contribution in [0.1, 0.15) is 29.5 Å². The lowest BCUT2D eigenvalue weighted by molar-refractivity contribution is -0.131. The number of hydrogen-bond donors (Lipinski definition) is 2. The number of methoxy groups -OCH3 is 2. The van der Waals surface area contributed by atoms with E-state index in [2.05, 4.69) is 27.8 Å². The number of carbonyl (C=O) groups excluding carboxylic acids is 1. The Morgan fingerprint density at radius 2 is 1.80 bits per heavy atom. The van der Waals surface area contributed by atoms with Crippen molar-refractivity contribution < 1.29 is 14.3 Å². The van der Waals surface area contributed by atoms with Crippen LogP contribution in [0.3, 0.4) is 0 Å². The lowest BCUT2D eigenvalue weighted by atomic mass is 10.1. The quantitative estimate of drug-likeness (QED) is 0.398. The molecule has 160 valence electrons. The van der Waals surface area contributed by atoms with Gasteiger partial charge in [0.15, 0.2) is 5.96 Å². The van der Waals surface area contributed by atoms with E-state index in [1.54, 1.807) is 21.3 Å². The van der Waals surface area contributed by atoms with Gasteiger partial charge in [-0.05, 0) is 29.7 Å². The first kappa shape index (κ1) is 21.5. The third-order valence-corrected chi connectivity index (χ3v) is 5.22. The highest BCUT2D eigenvalue weighted by molar-refractivity contribution is 5.80. The fraction of sp³-hybridized carbons (Fsp3) is 0.391. The number of nitrogens with one attached hydrogen (secondary N) is 2. The predicted molar refractivity (Wildman–Crippen MR) is 118 cm³/mol. The number of amides is 1. The van der Waals surface area contributed by atoms with E-state index < -0.39 is 0 Å². The molecule has 1 aliphatic heterocycles. The van der Waals surface area contributed by atoms with E-state index in [9.17, 15) is 4.79 Å². The lowest BCUT2D eigenvalue weighted by Gasteiger charge is -2.16. The molecule has 1 heterocycles. The second-order valence-corrected chi connectivity index (χ2v) is 7.15. The second kappa shape index (κ2) is 10.5. The van der Waals surface area contributed by atoms with Crippen molar-refractivity contribution in [1.29, 1.82) is 0 Å². The zero-order valence-corrected chi connectivity index (χ0v) is 17.9. The zero-order valence-electron chi connectivity index (χ0n) is 17.9. The Morgan fingerprint density at radius 3 is 2.43 bits per heavy atom. The maximum Gasteiger partial charge on any atom is 0.223 e. The fourth-order valence-electron chi connectivity index (χ4n) is 3.51. The largest absolute Gasteiger partial charge is 0.497 e. The average Bonchev–Trinajstić information content (AvgIpc) is 3.23. The standard InChI is InChI=1S/C23H30N4O3/c1-24-23(26-14-17-10-11-20(29-2)13-21(17)30-3)25-12-6-9-22(28)27-15-18-7-4-5-8-19(18)16-27/h4-5,7-8,10-11,13H,6,9,12,14-16H2,1-3H3,(H2,24,25,26). The van der Waals surface area contributed by atoms with Crippen molar-refractivity contribution in [3.63, 3.8) is 0 Å². The van der Waals surface area contributed by atoms with Crippen LogP contribution in [0, 0.1) is 0 Å². The summed E-state index contributed by atoms with van der Waals surface area (Å²) in [4.78, 5) is 18.7. The average molecular weight is 411 g/mol. The van der Waals surface area contributed by atoms with Gasteiger partial charge in [-0.25, -0.2) is 0 Å². The number of fused-ring (bicyclic) bond motifs is 1. The number of aliphatic imine (C=N–C) groups is 1. The summed E-state index contributed by atoms with van der Waals surface area (Å²) in [7, 11) is 5.00. The van der Waals surface area contributed by atoms with Crippen molar-refractivity contribution in [2.24, 2.45) is 4.99 Å². The maximum absolute atomic E-state index is 12.5. The summed E-state index contributed by atoms with van der Waals surface area (Å²) >= 11 is 0. The van der Waals surface area contributed by atoms with E-state index in [4.69, 9.17) is 9.47 Å². The van der Waals surface area contributed by atoms with Crippen molar-refractivity contribution in [1.82, 2.24) is 15.5 Å². The number of benzene rings is 2. The van der Waals surface area contributed by atoms with E-state index >= 15 is 0 Å². The van der Waals surface area contributed by atoms with Crippen molar-refractivity contribution in [2.75, 3.05) is 27.8 Å². The van der Waals surface area contributed by atoms with Crippen LogP contribution in [-0.4, -0.2) is 44.6 Å². The van der Waals surface area contributed by atoms with Crippen molar-refractivity contribution in [3.05, 3.63) is 59.2 Å². The minimum Gasteiger partial charge on any atom is -0.497 e. The van der Waals surface area contributed by atoms with Crippen LogP contribution in [0.5, 0.6) is 11.5 Å². The van der Waals surface area contributed by atoms with Crippen LogP contribution in [0.25, 0.3) is 0 Å². The predicted octanol–water partition coefficient (Wildman–Crippen LogP) is 2.69. The van der Waals surface area contributed by atoms with Crippen molar-refractivity contribution in [2.45, 2.75) is 32.5 Å². The molecule has 2 aromatic carbocycles. The summed E-state index contributed by atoms with van der Waals surface area (Å²) in [6.45, 7) is 2.68. The van der Waals surface area contributed by atoms with Gasteiger partial charge < -0.3 is 25.0 Å². The van der Waals surface area contributed by atoms with Gasteiger partial charge in [-0.2, -0.15) is 0 Å². The fourth-order valence-corrected chi connectivity index (χ4v) is 3.51. The maximum atomic E-state index is 12.5. The Bertz CT molecular complexity index is 873. The third-order valence-electron chi connectivity index (χ3n) is 5.22. The number of carbonyl (C=O) groups is 1. The summed E-state index contributed by atoms with van der Waals surface area (Å²) in [5.74, 6) is 2.39. The molecular weight excluding hydrogens is 380 g/mol. The molecule has 0 unspecified atom stereocenters. The first-order valence-electron chi connectivity index (χ1n) is 10.1. The molecule has 1 aliphatic rings. The molecule has 0 saturated heterocycles. The Hall–Kier alpha value is -3.22. The Morgan fingerprint density at radius 1 is 1.07 bits per heavy atom. The number of hydrogen-bond acceptors (Lipinski definition) is 4. The highest BCUT2D eigenvalue weighted by atomic mass is 16.5. The molecule has 0 aromatic heterocycles. The van der Waals surface area contributed by atoms with Crippen LogP contribution in [0.15, 0.2) is 47.5 Å². The van der Waals surface area contributed by atoms with Gasteiger partial charge in [0.2, 0.25) is 5.91 Å². The smallest absolute Gasteiger partial charge is 0.223 e. The van der Waals surface area contributed by atoms with E-state index in [1.807, 2.05) is 35.2 Å². The van der Waals surface area contributed by atoms with Gasteiger partial charge in [0.1, 0.15) is 11.5 Å². The van der Waals surface area contributed by atoms with Crippen molar-refractivity contribution >= 4 is 11.9 Å². The summed E-state index contributed by atoms with van der Waals surface area (Å²) in [5.41, 5.74) is 3.51. The molecule has 3 rings (SSSR count). The molecule has 2 N–H and O–H groups in total. The van der Waals surface area contributed by atoms with Gasteiger partial charge in [0.25, 0.3) is 0 Å². The van der Waals surface area contributed by atoms with Gasteiger partial charge >= 0.3 is 0 Å². The summed E-state index contributed by atoms with van der Waals surface area (Å²) < 4.78 is 10.7. The van der Waals surface area contributed by atoms with Crippen LogP contribution < -0.4 is 20.1 Å². The highest BCUT2D eigenvalue weighted by Gasteiger charge is 2.22. The van der Waals surface area contributed by atoms with E-state index in [-0.39, 0.29) is 5.91 Å². The number of ether oxygens (including phenoxy) is 2.